The van der Waals surface area contributed by atoms with Crippen LogP contribution in [0.1, 0.15) is 5.56 Å². The van der Waals surface area contributed by atoms with E-state index in [-0.39, 0.29) is 5.41 Å². The summed E-state index contributed by atoms with van der Waals surface area (Å²) in [4.78, 5) is 0. The molecule has 1 aromatic carbocycles. The maximum atomic E-state index is 5.57. The minimum Gasteiger partial charge on any atom is -0.379 e. The van der Waals surface area contributed by atoms with Crippen LogP contribution in [-0.2, 0) is 14.9 Å². The van der Waals surface area contributed by atoms with Crippen molar-refractivity contribution in [2.45, 2.75) is 11.5 Å². The third-order valence-electron chi connectivity index (χ3n) is 3.66. The molecule has 3 nitrogen and oxygen atoms in total. The van der Waals surface area contributed by atoms with E-state index < -0.39 is 0 Å². The van der Waals surface area contributed by atoms with Crippen LogP contribution in [0.2, 0.25) is 0 Å². The molecular weight excluding hydrogens is 202 g/mol. The Kier molecular flexibility index (Phi) is 2.67. The van der Waals surface area contributed by atoms with Crippen LogP contribution in [0, 0.1) is 0 Å². The van der Waals surface area contributed by atoms with Gasteiger partial charge in [0.1, 0.15) is 0 Å². The number of hydrogen-bond donors (Lipinski definition) is 1. The summed E-state index contributed by atoms with van der Waals surface area (Å²) < 4.78 is 11.0. The summed E-state index contributed by atoms with van der Waals surface area (Å²) >= 11 is 0. The molecule has 1 aromatic rings. The fourth-order valence-electron chi connectivity index (χ4n) is 2.58. The molecule has 3 heteroatoms. The van der Waals surface area contributed by atoms with E-state index in [1.54, 1.807) is 0 Å². The predicted molar refractivity (Wildman–Crippen MR) is 61.5 cm³/mol. The molecule has 0 radical (unpaired) electrons. The van der Waals surface area contributed by atoms with E-state index in [1.165, 1.54) is 5.56 Å². The molecule has 1 atom stereocenters. The van der Waals surface area contributed by atoms with Crippen molar-refractivity contribution in [2.75, 3.05) is 33.0 Å². The number of morpholine rings is 1. The second kappa shape index (κ2) is 4.17. The summed E-state index contributed by atoms with van der Waals surface area (Å²) in [5.41, 5.74) is 1.49. The summed E-state index contributed by atoms with van der Waals surface area (Å²) in [7, 11) is 0. The minimum atomic E-state index is 0.127. The van der Waals surface area contributed by atoms with Crippen LogP contribution in [0.4, 0.5) is 0 Å². The van der Waals surface area contributed by atoms with Crippen molar-refractivity contribution in [2.24, 2.45) is 0 Å². The largest absolute Gasteiger partial charge is 0.379 e. The third-order valence-corrected chi connectivity index (χ3v) is 3.66. The van der Waals surface area contributed by atoms with Gasteiger partial charge in [-0.2, -0.15) is 0 Å². The van der Waals surface area contributed by atoms with E-state index in [2.05, 4.69) is 35.6 Å². The Morgan fingerprint density at radius 3 is 2.50 bits per heavy atom. The zero-order valence-corrected chi connectivity index (χ0v) is 9.32. The molecule has 86 valence electrons. The van der Waals surface area contributed by atoms with Crippen LogP contribution >= 0.6 is 0 Å². The van der Waals surface area contributed by atoms with Crippen LogP contribution in [0.3, 0.4) is 0 Å². The first-order valence-corrected chi connectivity index (χ1v) is 5.86. The van der Waals surface area contributed by atoms with Gasteiger partial charge in [0.05, 0.1) is 31.8 Å². The molecule has 1 unspecified atom stereocenters. The van der Waals surface area contributed by atoms with Crippen molar-refractivity contribution in [3.8, 4) is 0 Å². The van der Waals surface area contributed by atoms with Gasteiger partial charge in [-0.1, -0.05) is 30.3 Å². The van der Waals surface area contributed by atoms with Gasteiger partial charge in [-0.15, -0.1) is 0 Å². The molecule has 0 amide bonds. The molecule has 0 saturated carbocycles. The molecule has 2 aliphatic rings. The smallest absolute Gasteiger partial charge is 0.0630 e. The average molecular weight is 219 g/mol. The molecule has 0 aromatic heterocycles. The first kappa shape index (κ1) is 10.3. The quantitative estimate of drug-likeness (QED) is 0.803. The van der Waals surface area contributed by atoms with Gasteiger partial charge in [0, 0.05) is 12.6 Å². The summed E-state index contributed by atoms with van der Waals surface area (Å²) in [6.45, 7) is 4.16. The van der Waals surface area contributed by atoms with Crippen molar-refractivity contribution in [1.82, 2.24) is 5.32 Å². The Bertz CT molecular complexity index is 342. The number of hydrogen-bond acceptors (Lipinski definition) is 3. The van der Waals surface area contributed by atoms with Crippen molar-refractivity contribution in [1.29, 1.82) is 0 Å². The molecule has 2 saturated heterocycles. The molecule has 0 bridgehead atoms. The van der Waals surface area contributed by atoms with Gasteiger partial charge in [-0.05, 0) is 5.56 Å². The first-order valence-electron chi connectivity index (χ1n) is 5.86. The predicted octanol–water partition coefficient (Wildman–Crippen LogP) is 0.943. The summed E-state index contributed by atoms with van der Waals surface area (Å²) in [6, 6.07) is 11.0. The fourth-order valence-corrected chi connectivity index (χ4v) is 2.58. The summed E-state index contributed by atoms with van der Waals surface area (Å²) in [5.74, 6) is 0. The zero-order valence-electron chi connectivity index (χ0n) is 9.32. The lowest BCUT2D eigenvalue weighted by molar-refractivity contribution is -0.101. The second-order valence-electron chi connectivity index (χ2n) is 4.60. The highest BCUT2D eigenvalue weighted by Crippen LogP contribution is 2.36. The molecule has 16 heavy (non-hydrogen) atoms. The molecule has 2 aliphatic heterocycles. The third kappa shape index (κ3) is 1.56. The van der Waals surface area contributed by atoms with E-state index >= 15 is 0 Å². The Labute approximate surface area is 95.8 Å². The number of ether oxygens (including phenoxy) is 2. The van der Waals surface area contributed by atoms with Gasteiger partial charge in [0.2, 0.25) is 0 Å². The van der Waals surface area contributed by atoms with Gasteiger partial charge in [-0.3, -0.25) is 0 Å². The van der Waals surface area contributed by atoms with Crippen LogP contribution in [-0.4, -0.2) is 39.0 Å². The highest BCUT2D eigenvalue weighted by Gasteiger charge is 2.47. The standard InChI is InChI=1S/C13H17NO2/c1-2-4-11(5-3-1)13(9-16-10-13)12-8-15-7-6-14-12/h1-5,12,14H,6-10H2. The van der Waals surface area contributed by atoms with Gasteiger partial charge < -0.3 is 14.8 Å². The molecular formula is C13H17NO2. The van der Waals surface area contributed by atoms with Crippen LogP contribution in [0.5, 0.6) is 0 Å². The first-order chi connectivity index (χ1) is 7.92. The lowest BCUT2D eigenvalue weighted by Crippen LogP contribution is -2.63. The Morgan fingerprint density at radius 2 is 1.94 bits per heavy atom. The number of nitrogens with one attached hydrogen (secondary N) is 1. The SMILES string of the molecule is c1ccc(C2(C3COCCN3)COC2)cc1. The van der Waals surface area contributed by atoms with Gasteiger partial charge in [0.25, 0.3) is 0 Å². The van der Waals surface area contributed by atoms with Gasteiger partial charge in [-0.25, -0.2) is 0 Å². The zero-order chi connectivity index (χ0) is 10.8. The Hall–Kier alpha value is -0.900. The lowest BCUT2D eigenvalue weighted by Gasteiger charge is -2.49. The second-order valence-corrected chi connectivity index (χ2v) is 4.60. The highest BCUT2D eigenvalue weighted by atomic mass is 16.5. The van der Waals surface area contributed by atoms with Crippen molar-refractivity contribution >= 4 is 0 Å². The highest BCUT2D eigenvalue weighted by molar-refractivity contribution is 5.31. The van der Waals surface area contributed by atoms with E-state index in [1.807, 2.05) is 0 Å². The van der Waals surface area contributed by atoms with Crippen LogP contribution in [0.25, 0.3) is 0 Å². The van der Waals surface area contributed by atoms with E-state index in [4.69, 9.17) is 9.47 Å². The summed E-state index contributed by atoms with van der Waals surface area (Å²) in [5, 5.41) is 3.56. The van der Waals surface area contributed by atoms with Gasteiger partial charge in [0.15, 0.2) is 0 Å². The maximum Gasteiger partial charge on any atom is 0.0630 e. The normalized spacial score (nSPS) is 28.4. The van der Waals surface area contributed by atoms with Crippen LogP contribution in [0.15, 0.2) is 30.3 Å². The van der Waals surface area contributed by atoms with Gasteiger partial charge >= 0.3 is 0 Å². The molecule has 2 heterocycles. The Morgan fingerprint density at radius 1 is 1.12 bits per heavy atom. The average Bonchev–Trinajstić information content (AvgIpc) is 2.31. The van der Waals surface area contributed by atoms with Crippen LogP contribution < -0.4 is 5.32 Å². The molecule has 3 rings (SSSR count). The molecule has 0 spiro atoms. The molecule has 1 N–H and O–H groups in total. The number of rotatable bonds is 2. The van der Waals surface area contributed by atoms with E-state index in [0.29, 0.717) is 6.04 Å². The minimum absolute atomic E-state index is 0.127. The van der Waals surface area contributed by atoms with Crippen molar-refractivity contribution in [3.63, 3.8) is 0 Å². The summed E-state index contributed by atoms with van der Waals surface area (Å²) in [6.07, 6.45) is 0. The topological polar surface area (TPSA) is 30.5 Å². The monoisotopic (exact) mass is 219 g/mol. The van der Waals surface area contributed by atoms with Crippen molar-refractivity contribution < 1.29 is 9.47 Å². The Balaban J connectivity index is 1.87. The molecule has 2 fully saturated rings. The lowest BCUT2D eigenvalue weighted by atomic mass is 9.72. The molecule has 0 aliphatic carbocycles. The maximum absolute atomic E-state index is 5.57. The fraction of sp³-hybridized carbons (Fsp3) is 0.538. The number of benzene rings is 1. The van der Waals surface area contributed by atoms with E-state index in [9.17, 15) is 0 Å². The van der Waals surface area contributed by atoms with Crippen molar-refractivity contribution in [3.05, 3.63) is 35.9 Å². The van der Waals surface area contributed by atoms with E-state index in [0.717, 1.165) is 33.0 Å².